The van der Waals surface area contributed by atoms with E-state index in [1.54, 1.807) is 0 Å². The average Bonchev–Trinajstić information content (AvgIpc) is 2.66. The number of nitrogens with two attached hydrogens (primary N) is 1. The lowest BCUT2D eigenvalue weighted by atomic mass is 10.0. The first-order valence-electron chi connectivity index (χ1n) is 5.20. The highest BCUT2D eigenvalue weighted by molar-refractivity contribution is 9.10. The summed E-state index contributed by atoms with van der Waals surface area (Å²) in [4.78, 5) is 0. The minimum atomic E-state index is 0.134. The van der Waals surface area contributed by atoms with Crippen molar-refractivity contribution < 1.29 is 0 Å². The maximum Gasteiger partial charge on any atom is 0.0568 e. The molecule has 1 atom stereocenters. The number of aromatic nitrogens is 2. The van der Waals surface area contributed by atoms with Gasteiger partial charge in [0.05, 0.1) is 6.20 Å². The first kappa shape index (κ1) is 11.4. The van der Waals surface area contributed by atoms with Crippen LogP contribution in [0.4, 0.5) is 0 Å². The van der Waals surface area contributed by atoms with Crippen LogP contribution in [0, 0.1) is 0 Å². The Hall–Kier alpha value is -1.13. The van der Waals surface area contributed by atoms with Crippen molar-refractivity contribution in [2.24, 2.45) is 5.73 Å². The van der Waals surface area contributed by atoms with Gasteiger partial charge in [0.1, 0.15) is 0 Å². The molecule has 84 valence electrons. The number of nitrogens with zero attached hydrogens (tertiary/aromatic N) is 1. The summed E-state index contributed by atoms with van der Waals surface area (Å²) in [6, 6.07) is 8.32. The van der Waals surface area contributed by atoms with E-state index in [9.17, 15) is 0 Å². The molecule has 0 fully saturated rings. The molecule has 4 heteroatoms. The molecule has 0 aliphatic carbocycles. The minimum Gasteiger partial charge on any atom is -0.328 e. The van der Waals surface area contributed by atoms with E-state index in [1.165, 1.54) is 0 Å². The molecule has 1 unspecified atom stereocenters. The molecule has 3 N–H and O–H groups in total. The fraction of sp³-hybridized carbons (Fsp3) is 0.250. The number of hydrogen-bond donors (Lipinski definition) is 2. The lowest BCUT2D eigenvalue weighted by Gasteiger charge is -2.06. The summed E-state index contributed by atoms with van der Waals surface area (Å²) in [7, 11) is 0. The van der Waals surface area contributed by atoms with E-state index < -0.39 is 0 Å². The maximum atomic E-state index is 5.80. The second kappa shape index (κ2) is 4.80. The summed E-state index contributed by atoms with van der Waals surface area (Å²) < 4.78 is 1.08. The van der Waals surface area contributed by atoms with Crippen molar-refractivity contribution in [3.8, 4) is 11.1 Å². The van der Waals surface area contributed by atoms with Crippen LogP contribution in [-0.4, -0.2) is 16.2 Å². The predicted octanol–water partition coefficient (Wildman–Crippen LogP) is 2.73. The van der Waals surface area contributed by atoms with Gasteiger partial charge >= 0.3 is 0 Å². The summed E-state index contributed by atoms with van der Waals surface area (Å²) in [5, 5.41) is 7.09. The van der Waals surface area contributed by atoms with Crippen LogP contribution in [-0.2, 0) is 6.42 Å². The van der Waals surface area contributed by atoms with E-state index in [0.717, 1.165) is 27.7 Å². The van der Waals surface area contributed by atoms with Gasteiger partial charge in [-0.05, 0) is 24.6 Å². The maximum absolute atomic E-state index is 5.80. The highest BCUT2D eigenvalue weighted by Gasteiger charge is 2.08. The van der Waals surface area contributed by atoms with Gasteiger partial charge in [0.25, 0.3) is 0 Å². The Morgan fingerprint density at radius 2 is 2.06 bits per heavy atom. The Bertz CT molecular complexity index is 459. The number of rotatable bonds is 3. The van der Waals surface area contributed by atoms with Gasteiger partial charge in [-0.3, -0.25) is 5.10 Å². The molecule has 1 aromatic heterocycles. The van der Waals surface area contributed by atoms with E-state index in [2.05, 4.69) is 38.3 Å². The molecular formula is C12H14BrN3. The molecule has 0 spiro atoms. The zero-order valence-electron chi connectivity index (χ0n) is 9.07. The lowest BCUT2D eigenvalue weighted by Crippen LogP contribution is -2.18. The van der Waals surface area contributed by atoms with Gasteiger partial charge in [-0.1, -0.05) is 28.1 Å². The molecule has 1 aromatic carbocycles. The van der Waals surface area contributed by atoms with Crippen LogP contribution in [0.1, 0.15) is 12.6 Å². The third-order valence-corrected chi connectivity index (χ3v) is 2.93. The van der Waals surface area contributed by atoms with Crippen molar-refractivity contribution in [2.75, 3.05) is 0 Å². The highest BCUT2D eigenvalue weighted by atomic mass is 79.9. The molecule has 0 aliphatic heterocycles. The van der Waals surface area contributed by atoms with Crippen LogP contribution in [0.3, 0.4) is 0 Å². The van der Waals surface area contributed by atoms with Gasteiger partial charge in [-0.2, -0.15) is 5.10 Å². The molecule has 0 radical (unpaired) electrons. The Kier molecular flexibility index (Phi) is 3.41. The summed E-state index contributed by atoms with van der Waals surface area (Å²) >= 11 is 3.42. The Labute approximate surface area is 103 Å². The lowest BCUT2D eigenvalue weighted by molar-refractivity contribution is 0.720. The van der Waals surface area contributed by atoms with Crippen molar-refractivity contribution in [1.82, 2.24) is 10.2 Å². The average molecular weight is 280 g/mol. The number of nitrogens with one attached hydrogen (secondary N) is 1. The van der Waals surface area contributed by atoms with E-state index in [1.807, 2.05) is 25.3 Å². The molecule has 16 heavy (non-hydrogen) atoms. The number of benzene rings is 1. The molecule has 2 aromatic rings. The van der Waals surface area contributed by atoms with Crippen molar-refractivity contribution in [1.29, 1.82) is 0 Å². The number of H-pyrrole nitrogens is 1. The van der Waals surface area contributed by atoms with Crippen molar-refractivity contribution in [2.45, 2.75) is 19.4 Å². The highest BCUT2D eigenvalue weighted by Crippen LogP contribution is 2.24. The molecule has 0 saturated carbocycles. The second-order valence-corrected chi connectivity index (χ2v) is 4.87. The van der Waals surface area contributed by atoms with E-state index >= 15 is 0 Å². The first-order chi connectivity index (χ1) is 7.66. The van der Waals surface area contributed by atoms with Crippen LogP contribution in [0.25, 0.3) is 11.1 Å². The Balaban J connectivity index is 2.33. The summed E-state index contributed by atoms with van der Waals surface area (Å²) in [6.45, 7) is 1.99. The molecular weight excluding hydrogens is 266 g/mol. The Morgan fingerprint density at radius 3 is 2.69 bits per heavy atom. The summed E-state index contributed by atoms with van der Waals surface area (Å²) in [6.07, 6.45) is 2.66. The fourth-order valence-electron chi connectivity index (χ4n) is 1.67. The Morgan fingerprint density at radius 1 is 1.38 bits per heavy atom. The third-order valence-electron chi connectivity index (χ3n) is 2.40. The molecule has 0 saturated heterocycles. The van der Waals surface area contributed by atoms with Gasteiger partial charge < -0.3 is 5.73 Å². The molecule has 1 heterocycles. The van der Waals surface area contributed by atoms with Crippen LogP contribution in [0.15, 0.2) is 34.9 Å². The first-order valence-corrected chi connectivity index (χ1v) is 6.00. The standard InChI is InChI=1S/C12H14BrN3/c1-8(14)6-12-11(7-15-16-12)9-2-4-10(13)5-3-9/h2-5,7-8H,6,14H2,1H3,(H,15,16). The largest absolute Gasteiger partial charge is 0.328 e. The zero-order chi connectivity index (χ0) is 11.5. The molecule has 2 rings (SSSR count). The monoisotopic (exact) mass is 279 g/mol. The van der Waals surface area contributed by atoms with Crippen molar-refractivity contribution in [3.05, 3.63) is 40.6 Å². The SMILES string of the molecule is CC(N)Cc1[nH]ncc1-c1ccc(Br)cc1. The van der Waals surface area contributed by atoms with Crippen LogP contribution < -0.4 is 5.73 Å². The van der Waals surface area contributed by atoms with Gasteiger partial charge in [-0.25, -0.2) is 0 Å². The van der Waals surface area contributed by atoms with Gasteiger partial charge in [0.15, 0.2) is 0 Å². The van der Waals surface area contributed by atoms with E-state index in [-0.39, 0.29) is 6.04 Å². The third kappa shape index (κ3) is 2.51. The quantitative estimate of drug-likeness (QED) is 0.908. The minimum absolute atomic E-state index is 0.134. The van der Waals surface area contributed by atoms with Crippen LogP contribution >= 0.6 is 15.9 Å². The zero-order valence-corrected chi connectivity index (χ0v) is 10.7. The van der Waals surface area contributed by atoms with Crippen molar-refractivity contribution in [3.63, 3.8) is 0 Å². The molecule has 3 nitrogen and oxygen atoms in total. The number of aromatic amines is 1. The molecule has 0 amide bonds. The molecule has 0 bridgehead atoms. The summed E-state index contributed by atoms with van der Waals surface area (Å²) in [5.74, 6) is 0. The number of halogens is 1. The van der Waals surface area contributed by atoms with Crippen LogP contribution in [0.2, 0.25) is 0 Å². The van der Waals surface area contributed by atoms with Crippen LogP contribution in [0.5, 0.6) is 0 Å². The van der Waals surface area contributed by atoms with Gasteiger partial charge in [0, 0.05) is 28.2 Å². The predicted molar refractivity (Wildman–Crippen MR) is 69.1 cm³/mol. The topological polar surface area (TPSA) is 54.7 Å². The smallest absolute Gasteiger partial charge is 0.0568 e. The van der Waals surface area contributed by atoms with Crippen molar-refractivity contribution >= 4 is 15.9 Å². The number of hydrogen-bond acceptors (Lipinski definition) is 2. The molecule has 0 aliphatic rings. The fourth-order valence-corrected chi connectivity index (χ4v) is 1.93. The van der Waals surface area contributed by atoms with E-state index in [4.69, 9.17) is 5.73 Å². The summed E-state index contributed by atoms with van der Waals surface area (Å²) in [5.41, 5.74) is 9.18. The van der Waals surface area contributed by atoms with Gasteiger partial charge in [0.2, 0.25) is 0 Å². The van der Waals surface area contributed by atoms with Gasteiger partial charge in [-0.15, -0.1) is 0 Å². The normalized spacial score (nSPS) is 12.7. The van der Waals surface area contributed by atoms with E-state index in [0.29, 0.717) is 0 Å². The second-order valence-electron chi connectivity index (χ2n) is 3.95.